The molecule has 4 N–H and O–H groups in total. The predicted molar refractivity (Wildman–Crippen MR) is 53.6 cm³/mol. The van der Waals surface area contributed by atoms with E-state index in [1.54, 1.807) is 0 Å². The van der Waals surface area contributed by atoms with Crippen molar-refractivity contribution in [2.45, 2.75) is 11.7 Å². The molecule has 0 aliphatic carbocycles. The Kier molecular flexibility index (Phi) is 2.37. The average molecular weight is 260 g/mol. The van der Waals surface area contributed by atoms with Crippen molar-refractivity contribution in [2.75, 3.05) is 5.32 Å². The summed E-state index contributed by atoms with van der Waals surface area (Å²) in [6.45, 7) is 0. The fourth-order valence-electron chi connectivity index (χ4n) is 1.71. The number of hydrogen-bond donors (Lipinski definition) is 3. The fraction of sp³-hybridized carbons (Fsp3) is 0.200. The first-order chi connectivity index (χ1) is 8.17. The highest BCUT2D eigenvalue weighted by atomic mass is 19.4. The number of amides is 1. The zero-order valence-electron chi connectivity index (χ0n) is 8.71. The SMILES string of the molecule is N[C@@]1(C(=O)O)C(=O)Nc2ccc(C(F)(F)F)cc21. The van der Waals surface area contributed by atoms with Crippen LogP contribution in [0.1, 0.15) is 11.1 Å². The number of carboxylic acid groups (broad SMARTS) is 1. The molecule has 1 atom stereocenters. The zero-order chi connectivity index (χ0) is 13.7. The van der Waals surface area contributed by atoms with Gasteiger partial charge in [-0.1, -0.05) is 0 Å². The van der Waals surface area contributed by atoms with Crippen LogP contribution in [0, 0.1) is 0 Å². The van der Waals surface area contributed by atoms with Crippen molar-refractivity contribution >= 4 is 17.6 Å². The number of halogens is 3. The Hall–Kier alpha value is -2.09. The van der Waals surface area contributed by atoms with Gasteiger partial charge in [0.2, 0.25) is 5.54 Å². The third-order valence-electron chi connectivity index (χ3n) is 2.72. The van der Waals surface area contributed by atoms with Gasteiger partial charge in [-0.3, -0.25) is 4.79 Å². The van der Waals surface area contributed by atoms with Crippen LogP contribution >= 0.6 is 0 Å². The summed E-state index contributed by atoms with van der Waals surface area (Å²) in [5.41, 5.74) is 1.42. The number of carboxylic acids is 1. The monoisotopic (exact) mass is 260 g/mol. The van der Waals surface area contributed by atoms with Crippen molar-refractivity contribution in [3.63, 3.8) is 0 Å². The van der Waals surface area contributed by atoms with Crippen LogP contribution in [0.2, 0.25) is 0 Å². The highest BCUT2D eigenvalue weighted by Crippen LogP contribution is 2.39. The van der Waals surface area contributed by atoms with Crippen molar-refractivity contribution in [1.82, 2.24) is 0 Å². The van der Waals surface area contributed by atoms with Gasteiger partial charge >= 0.3 is 12.1 Å². The van der Waals surface area contributed by atoms with Crippen LogP contribution in [-0.2, 0) is 21.3 Å². The second-order valence-electron chi connectivity index (χ2n) is 3.83. The van der Waals surface area contributed by atoms with Crippen LogP contribution in [0.15, 0.2) is 18.2 Å². The molecule has 1 aliphatic rings. The van der Waals surface area contributed by atoms with E-state index in [4.69, 9.17) is 10.8 Å². The Labute approximate surface area is 98.4 Å². The normalized spacial score (nSPS) is 22.6. The molecule has 1 aromatic carbocycles. The van der Waals surface area contributed by atoms with E-state index in [9.17, 15) is 22.8 Å². The summed E-state index contributed by atoms with van der Waals surface area (Å²) >= 11 is 0. The van der Waals surface area contributed by atoms with Crippen molar-refractivity contribution in [3.05, 3.63) is 29.3 Å². The van der Waals surface area contributed by atoms with Gasteiger partial charge in [-0.25, -0.2) is 4.79 Å². The Bertz CT molecular complexity index is 556. The summed E-state index contributed by atoms with van der Waals surface area (Å²) in [5.74, 6) is -2.78. The van der Waals surface area contributed by atoms with E-state index >= 15 is 0 Å². The van der Waals surface area contributed by atoms with E-state index in [2.05, 4.69) is 5.32 Å². The summed E-state index contributed by atoms with van der Waals surface area (Å²) in [6, 6.07) is 2.29. The number of alkyl halides is 3. The molecule has 1 amide bonds. The van der Waals surface area contributed by atoms with Crippen molar-refractivity contribution < 1.29 is 27.9 Å². The lowest BCUT2D eigenvalue weighted by atomic mass is 9.91. The van der Waals surface area contributed by atoms with E-state index in [1.165, 1.54) is 0 Å². The van der Waals surface area contributed by atoms with Crippen molar-refractivity contribution in [1.29, 1.82) is 0 Å². The quantitative estimate of drug-likeness (QED) is 0.654. The summed E-state index contributed by atoms with van der Waals surface area (Å²) in [4.78, 5) is 22.4. The molecule has 0 radical (unpaired) electrons. The van der Waals surface area contributed by atoms with Crippen LogP contribution in [-0.4, -0.2) is 17.0 Å². The maximum atomic E-state index is 12.5. The largest absolute Gasteiger partial charge is 0.479 e. The van der Waals surface area contributed by atoms with Gasteiger partial charge in [0.1, 0.15) is 0 Å². The van der Waals surface area contributed by atoms with E-state index in [-0.39, 0.29) is 5.69 Å². The number of hydrogen-bond acceptors (Lipinski definition) is 3. The second-order valence-corrected chi connectivity index (χ2v) is 3.83. The van der Waals surface area contributed by atoms with Crippen LogP contribution in [0.25, 0.3) is 0 Å². The molecule has 0 unspecified atom stereocenters. The minimum Gasteiger partial charge on any atom is -0.479 e. The van der Waals surface area contributed by atoms with E-state index < -0.39 is 34.7 Å². The minimum atomic E-state index is -4.64. The molecule has 18 heavy (non-hydrogen) atoms. The van der Waals surface area contributed by atoms with Gasteiger partial charge in [0.25, 0.3) is 5.91 Å². The first-order valence-electron chi connectivity index (χ1n) is 4.73. The van der Waals surface area contributed by atoms with Gasteiger partial charge < -0.3 is 16.2 Å². The lowest BCUT2D eigenvalue weighted by molar-refractivity contribution is -0.147. The van der Waals surface area contributed by atoms with Gasteiger partial charge in [0.15, 0.2) is 0 Å². The predicted octanol–water partition coefficient (Wildman–Crippen LogP) is 0.896. The highest BCUT2D eigenvalue weighted by molar-refractivity contribution is 6.18. The number of benzene rings is 1. The Morgan fingerprint density at radius 2 is 2.00 bits per heavy atom. The molecule has 0 spiro atoms. The number of anilines is 1. The topological polar surface area (TPSA) is 92.4 Å². The maximum Gasteiger partial charge on any atom is 0.416 e. The summed E-state index contributed by atoms with van der Waals surface area (Å²) in [7, 11) is 0. The maximum absolute atomic E-state index is 12.5. The lowest BCUT2D eigenvalue weighted by Crippen LogP contribution is -2.50. The van der Waals surface area contributed by atoms with Crippen LogP contribution in [0.5, 0.6) is 0 Å². The van der Waals surface area contributed by atoms with Crippen molar-refractivity contribution in [2.24, 2.45) is 5.73 Å². The Morgan fingerprint density at radius 1 is 1.39 bits per heavy atom. The molecule has 0 fully saturated rings. The van der Waals surface area contributed by atoms with Crippen LogP contribution < -0.4 is 11.1 Å². The molecule has 1 heterocycles. The Morgan fingerprint density at radius 3 is 2.50 bits per heavy atom. The highest BCUT2D eigenvalue weighted by Gasteiger charge is 2.51. The average Bonchev–Trinajstić information content (AvgIpc) is 2.51. The molecule has 2 rings (SSSR count). The van der Waals surface area contributed by atoms with E-state index in [0.717, 1.165) is 12.1 Å². The molecule has 96 valence electrons. The van der Waals surface area contributed by atoms with Gasteiger partial charge in [0.05, 0.1) is 5.56 Å². The first kappa shape index (κ1) is 12.4. The zero-order valence-corrected chi connectivity index (χ0v) is 8.71. The summed E-state index contributed by atoms with van der Waals surface area (Å²) < 4.78 is 37.5. The molecule has 5 nitrogen and oxygen atoms in total. The fourth-order valence-corrected chi connectivity index (χ4v) is 1.71. The van der Waals surface area contributed by atoms with Crippen molar-refractivity contribution in [3.8, 4) is 0 Å². The molecule has 0 aromatic heterocycles. The molecule has 8 heteroatoms. The molecular formula is C10H7F3N2O3. The number of fused-ring (bicyclic) bond motifs is 1. The first-order valence-corrected chi connectivity index (χ1v) is 4.73. The number of carbonyl (C=O) groups is 2. The summed E-state index contributed by atoms with van der Waals surface area (Å²) in [6.07, 6.45) is -4.64. The smallest absolute Gasteiger partial charge is 0.416 e. The molecule has 0 saturated heterocycles. The lowest BCUT2D eigenvalue weighted by Gasteiger charge is -2.17. The van der Waals surface area contributed by atoms with E-state index in [0.29, 0.717) is 6.07 Å². The number of nitrogens with one attached hydrogen (secondary N) is 1. The number of carbonyl (C=O) groups excluding carboxylic acids is 1. The minimum absolute atomic E-state index is 0.0297. The van der Waals surface area contributed by atoms with E-state index in [1.807, 2.05) is 0 Å². The summed E-state index contributed by atoms with van der Waals surface area (Å²) in [5, 5.41) is 11.1. The van der Waals surface area contributed by atoms with Gasteiger partial charge in [-0.2, -0.15) is 13.2 Å². The number of aliphatic carboxylic acids is 1. The standard InChI is InChI=1S/C10H7F3N2O3/c11-10(12,13)4-1-2-6-5(3-4)9(14,8(17)18)7(16)15-6/h1-3H,14H2,(H,15,16)(H,17,18)/t9-/m1/s1. The molecule has 1 aromatic rings. The molecule has 0 bridgehead atoms. The van der Waals surface area contributed by atoms with Crippen LogP contribution in [0.3, 0.4) is 0 Å². The third kappa shape index (κ3) is 1.53. The second kappa shape index (κ2) is 3.45. The van der Waals surface area contributed by atoms with Gasteiger partial charge in [0, 0.05) is 11.3 Å². The van der Waals surface area contributed by atoms with Crippen LogP contribution in [0.4, 0.5) is 18.9 Å². The molecule has 1 aliphatic heterocycles. The number of rotatable bonds is 1. The third-order valence-corrected chi connectivity index (χ3v) is 2.72. The van der Waals surface area contributed by atoms with Gasteiger partial charge in [-0.05, 0) is 18.2 Å². The molecular weight excluding hydrogens is 253 g/mol. The number of nitrogens with two attached hydrogens (primary N) is 1. The Balaban J connectivity index is 2.64. The van der Waals surface area contributed by atoms with Gasteiger partial charge in [-0.15, -0.1) is 0 Å². The molecule has 0 saturated carbocycles.